The van der Waals surface area contributed by atoms with Crippen molar-refractivity contribution in [2.75, 3.05) is 39.6 Å². The van der Waals surface area contributed by atoms with E-state index in [2.05, 4.69) is 19.1 Å². The third-order valence-corrected chi connectivity index (χ3v) is 13.5. The van der Waals surface area contributed by atoms with Crippen molar-refractivity contribution < 1.29 is 26.6 Å². The van der Waals surface area contributed by atoms with Crippen molar-refractivity contribution >= 4 is 17.6 Å². The first-order valence-corrected chi connectivity index (χ1v) is 13.8. The lowest BCUT2D eigenvalue weighted by atomic mass is 10.1. The smallest absolute Gasteiger partial charge is 0.373 e. The van der Waals surface area contributed by atoms with Gasteiger partial charge in [-0.3, -0.25) is 0 Å². The van der Waals surface area contributed by atoms with Gasteiger partial charge in [0.15, 0.2) is 0 Å². The van der Waals surface area contributed by atoms with Gasteiger partial charge in [0.25, 0.3) is 0 Å². The van der Waals surface area contributed by atoms with Gasteiger partial charge in [-0.15, -0.1) is 0 Å². The maximum Gasteiger partial charge on any atom is 0.516 e. The van der Waals surface area contributed by atoms with Crippen molar-refractivity contribution in [1.82, 2.24) is 0 Å². The third-order valence-electron chi connectivity index (χ3n) is 4.58. The second-order valence-corrected chi connectivity index (χ2v) is 12.7. The van der Waals surface area contributed by atoms with E-state index < -0.39 is 22.3 Å². The lowest BCUT2D eigenvalue weighted by Crippen LogP contribution is -2.76. The van der Waals surface area contributed by atoms with Crippen molar-refractivity contribution in [2.24, 2.45) is 0 Å². The van der Waals surface area contributed by atoms with Crippen molar-refractivity contribution in [3.63, 3.8) is 0 Å². The van der Waals surface area contributed by atoms with Crippen LogP contribution in [0.1, 0.15) is 54.0 Å². The summed E-state index contributed by atoms with van der Waals surface area (Å²) in [5.41, 5.74) is 0.985. The highest BCUT2D eigenvalue weighted by Crippen LogP contribution is 2.45. The Kier molecular flexibility index (Phi) is 11.1. The van der Waals surface area contributed by atoms with Gasteiger partial charge in [0.1, 0.15) is 4.66 Å². The van der Waals surface area contributed by atoms with Crippen LogP contribution in [0.4, 0.5) is 0 Å². The quantitative estimate of drug-likeness (QED) is 0.390. The molecule has 8 heteroatoms. The monoisotopic (exact) mass is 430 g/mol. The maximum atomic E-state index is 6.36. The average molecular weight is 431 g/mol. The predicted octanol–water partition coefficient (Wildman–Crippen LogP) is 4.12. The lowest BCUT2D eigenvalue weighted by Gasteiger charge is -2.49. The van der Waals surface area contributed by atoms with Crippen LogP contribution in [0, 0.1) is 0 Å². The fourth-order valence-corrected chi connectivity index (χ4v) is 11.9. The summed E-state index contributed by atoms with van der Waals surface area (Å²) in [4.78, 5) is 0. The molecule has 0 fully saturated rings. The first-order valence-electron chi connectivity index (χ1n) is 10.4. The first kappa shape index (κ1) is 25.5. The molecule has 0 aliphatic rings. The SMILES string of the molecule is CCO[Si](OCC)(OCC)C(C)(c1ccccc1)[Si](OCC)(OCC)OCC. The van der Waals surface area contributed by atoms with Crippen molar-refractivity contribution in [3.05, 3.63) is 35.9 Å². The molecule has 0 aromatic heterocycles. The zero-order valence-electron chi connectivity index (χ0n) is 18.6. The minimum Gasteiger partial charge on any atom is -0.373 e. The zero-order valence-corrected chi connectivity index (χ0v) is 20.6. The molecule has 1 rings (SSSR count). The van der Waals surface area contributed by atoms with Crippen LogP contribution in [-0.2, 0) is 31.2 Å². The summed E-state index contributed by atoms with van der Waals surface area (Å²) < 4.78 is 37.4. The number of rotatable bonds is 15. The molecule has 0 amide bonds. The molecule has 0 aliphatic carbocycles. The Balaban J connectivity index is 3.88. The fourth-order valence-electron chi connectivity index (χ4n) is 3.57. The normalized spacial score (nSPS) is 13.1. The highest BCUT2D eigenvalue weighted by atomic mass is 28.5. The van der Waals surface area contributed by atoms with Crippen LogP contribution in [-0.4, -0.2) is 57.3 Å². The van der Waals surface area contributed by atoms with Gasteiger partial charge in [0.05, 0.1) is 0 Å². The van der Waals surface area contributed by atoms with Crippen molar-refractivity contribution in [1.29, 1.82) is 0 Å². The van der Waals surface area contributed by atoms with Crippen molar-refractivity contribution in [2.45, 2.75) is 53.1 Å². The zero-order chi connectivity index (χ0) is 21.1. The van der Waals surface area contributed by atoms with Gasteiger partial charge in [0.2, 0.25) is 0 Å². The van der Waals surface area contributed by atoms with Gasteiger partial charge in [-0.25, -0.2) is 0 Å². The largest absolute Gasteiger partial charge is 0.516 e. The molecule has 0 saturated heterocycles. The molecular weight excluding hydrogens is 392 g/mol. The minimum atomic E-state index is -3.35. The number of benzene rings is 1. The van der Waals surface area contributed by atoms with Crippen LogP contribution in [0.2, 0.25) is 0 Å². The van der Waals surface area contributed by atoms with E-state index in [1.54, 1.807) is 0 Å². The van der Waals surface area contributed by atoms with E-state index in [0.717, 1.165) is 5.56 Å². The molecule has 0 aliphatic heterocycles. The molecule has 0 saturated carbocycles. The van der Waals surface area contributed by atoms with Gasteiger partial charge in [-0.2, -0.15) is 0 Å². The molecule has 0 bridgehead atoms. The molecule has 0 spiro atoms. The Labute approximate surface area is 173 Å². The van der Waals surface area contributed by atoms with Crippen LogP contribution >= 0.6 is 0 Å². The molecular formula is C20H38O6Si2. The Morgan fingerprint density at radius 2 is 0.857 bits per heavy atom. The van der Waals surface area contributed by atoms with E-state index in [-0.39, 0.29) is 0 Å². The van der Waals surface area contributed by atoms with Crippen LogP contribution in [0.25, 0.3) is 0 Å². The van der Waals surface area contributed by atoms with E-state index in [1.165, 1.54) is 0 Å². The summed E-state index contributed by atoms with van der Waals surface area (Å²) in [7, 11) is -6.70. The summed E-state index contributed by atoms with van der Waals surface area (Å²) in [6, 6.07) is 10.1. The first-order chi connectivity index (χ1) is 13.5. The average Bonchev–Trinajstić information content (AvgIpc) is 2.69. The molecule has 0 heterocycles. The van der Waals surface area contributed by atoms with Crippen molar-refractivity contribution in [3.8, 4) is 0 Å². The molecule has 0 atom stereocenters. The maximum absolute atomic E-state index is 6.36. The topological polar surface area (TPSA) is 55.4 Å². The van der Waals surface area contributed by atoms with Gasteiger partial charge >= 0.3 is 17.6 Å². The van der Waals surface area contributed by atoms with Crippen LogP contribution in [0.5, 0.6) is 0 Å². The molecule has 0 radical (unpaired) electrons. The lowest BCUT2D eigenvalue weighted by molar-refractivity contribution is 0.0148. The Morgan fingerprint density at radius 1 is 0.571 bits per heavy atom. The van der Waals surface area contributed by atoms with E-state index in [4.69, 9.17) is 26.6 Å². The summed E-state index contributed by atoms with van der Waals surface area (Å²) in [6.07, 6.45) is 0. The minimum absolute atomic E-state index is 0.462. The van der Waals surface area contributed by atoms with Gasteiger partial charge in [0, 0.05) is 39.6 Å². The standard InChI is InChI=1S/C20H38O6Si2/c1-8-21-27(22-9-2,23-10-3)20(7,19-17-15-14-16-18-19)28(24-11-4,25-12-5)26-13-6/h14-18H,8-13H2,1-7H3. The highest BCUT2D eigenvalue weighted by molar-refractivity contribution is 6.85. The Bertz CT molecular complexity index is 483. The number of hydrogen-bond donors (Lipinski definition) is 0. The van der Waals surface area contributed by atoms with Gasteiger partial charge in [-0.1, -0.05) is 30.3 Å². The second kappa shape index (κ2) is 12.2. The molecule has 1 aromatic rings. The van der Waals surface area contributed by atoms with Crippen LogP contribution in [0.3, 0.4) is 0 Å². The summed E-state index contributed by atoms with van der Waals surface area (Å²) in [5, 5.41) is 0. The van der Waals surface area contributed by atoms with E-state index >= 15 is 0 Å². The molecule has 28 heavy (non-hydrogen) atoms. The molecule has 0 N–H and O–H groups in total. The van der Waals surface area contributed by atoms with E-state index in [9.17, 15) is 0 Å². The summed E-state index contributed by atoms with van der Waals surface area (Å²) >= 11 is 0. The Hall–Kier alpha value is -0.586. The van der Waals surface area contributed by atoms with Gasteiger partial charge in [-0.05, 0) is 54.0 Å². The fraction of sp³-hybridized carbons (Fsp3) is 0.700. The second-order valence-electron chi connectivity index (χ2n) is 6.20. The molecule has 6 nitrogen and oxygen atoms in total. The van der Waals surface area contributed by atoms with E-state index in [0.29, 0.717) is 39.6 Å². The van der Waals surface area contributed by atoms with Crippen LogP contribution < -0.4 is 0 Å². The molecule has 0 unspecified atom stereocenters. The highest BCUT2D eigenvalue weighted by Gasteiger charge is 2.75. The predicted molar refractivity (Wildman–Crippen MR) is 115 cm³/mol. The van der Waals surface area contributed by atoms with Gasteiger partial charge < -0.3 is 26.6 Å². The molecule has 1 aromatic carbocycles. The number of hydrogen-bond acceptors (Lipinski definition) is 6. The Morgan fingerprint density at radius 3 is 1.11 bits per heavy atom. The van der Waals surface area contributed by atoms with E-state index in [1.807, 2.05) is 59.7 Å². The third kappa shape index (κ3) is 4.93. The van der Waals surface area contributed by atoms with Crippen LogP contribution in [0.15, 0.2) is 30.3 Å². The molecule has 162 valence electrons. The summed E-state index contributed by atoms with van der Waals surface area (Å²) in [5.74, 6) is 0. The summed E-state index contributed by atoms with van der Waals surface area (Å²) in [6.45, 7) is 16.6.